The van der Waals surface area contributed by atoms with Crippen LogP contribution in [0.15, 0.2) is 0 Å². The van der Waals surface area contributed by atoms with E-state index in [9.17, 15) is 14.7 Å². The van der Waals surface area contributed by atoms with E-state index < -0.39 is 11.9 Å². The van der Waals surface area contributed by atoms with Crippen molar-refractivity contribution in [2.24, 2.45) is 11.8 Å². The smallest absolute Gasteiger partial charge is 0.307 e. The molecule has 18 heavy (non-hydrogen) atoms. The summed E-state index contributed by atoms with van der Waals surface area (Å²) in [6, 6.07) is 0.335. The first-order valence-corrected chi connectivity index (χ1v) is 7.18. The molecule has 1 aliphatic carbocycles. The number of hydrogen-bond acceptors (Lipinski definition) is 2. The zero-order chi connectivity index (χ0) is 13.1. The van der Waals surface area contributed by atoms with Crippen LogP contribution in [-0.4, -0.2) is 34.5 Å². The summed E-state index contributed by atoms with van der Waals surface area (Å²) in [5, 5.41) is 9.18. The molecule has 0 aromatic rings. The lowest BCUT2D eigenvalue weighted by atomic mass is 9.91. The van der Waals surface area contributed by atoms with Crippen LogP contribution in [0.2, 0.25) is 0 Å². The van der Waals surface area contributed by atoms with Gasteiger partial charge in [0.2, 0.25) is 5.91 Å². The molecule has 0 bridgehead atoms. The Bertz CT molecular complexity index is 329. The predicted octanol–water partition coefficient (Wildman–Crippen LogP) is 2.28. The molecule has 0 aromatic carbocycles. The normalized spacial score (nSPS) is 32.5. The van der Waals surface area contributed by atoms with Gasteiger partial charge in [-0.1, -0.05) is 13.3 Å². The van der Waals surface area contributed by atoms with Gasteiger partial charge < -0.3 is 10.0 Å². The second-order valence-corrected chi connectivity index (χ2v) is 5.57. The molecular formula is C14H23NO3. The van der Waals surface area contributed by atoms with Crippen molar-refractivity contribution in [2.75, 3.05) is 6.54 Å². The third-order valence-electron chi connectivity index (χ3n) is 4.53. The lowest BCUT2D eigenvalue weighted by Gasteiger charge is -2.37. The summed E-state index contributed by atoms with van der Waals surface area (Å²) in [6.07, 6.45) is 6.60. The average molecular weight is 253 g/mol. The first kappa shape index (κ1) is 13.4. The fraction of sp³-hybridized carbons (Fsp3) is 0.857. The van der Waals surface area contributed by atoms with E-state index in [1.807, 2.05) is 4.90 Å². The summed E-state index contributed by atoms with van der Waals surface area (Å²) in [6.45, 7) is 2.93. The highest BCUT2D eigenvalue weighted by Gasteiger charge is 2.41. The average Bonchev–Trinajstić information content (AvgIpc) is 2.87. The monoisotopic (exact) mass is 253 g/mol. The van der Waals surface area contributed by atoms with Gasteiger partial charge in [-0.25, -0.2) is 0 Å². The molecular weight excluding hydrogens is 230 g/mol. The molecule has 3 atom stereocenters. The SMILES string of the molecule is CCC1CCCCN1C(=O)C1CCCC1C(=O)O. The van der Waals surface area contributed by atoms with Crippen molar-refractivity contribution >= 4 is 11.9 Å². The fourth-order valence-electron chi connectivity index (χ4n) is 3.48. The molecule has 2 aliphatic rings. The maximum atomic E-state index is 12.5. The Labute approximate surface area is 108 Å². The number of amides is 1. The van der Waals surface area contributed by atoms with Crippen molar-refractivity contribution in [1.29, 1.82) is 0 Å². The Morgan fingerprint density at radius 2 is 1.83 bits per heavy atom. The standard InChI is InChI=1S/C14H23NO3/c1-2-10-6-3-4-9-15(10)13(16)11-7-5-8-12(11)14(17)18/h10-12H,2-9H2,1H3,(H,17,18). The van der Waals surface area contributed by atoms with Crippen LogP contribution in [0.4, 0.5) is 0 Å². The molecule has 0 radical (unpaired) electrons. The molecule has 4 heteroatoms. The van der Waals surface area contributed by atoms with E-state index >= 15 is 0 Å². The molecule has 1 amide bonds. The molecule has 102 valence electrons. The molecule has 1 N–H and O–H groups in total. The zero-order valence-corrected chi connectivity index (χ0v) is 11.1. The summed E-state index contributed by atoms with van der Waals surface area (Å²) >= 11 is 0. The van der Waals surface area contributed by atoms with Crippen LogP contribution in [0, 0.1) is 11.8 Å². The van der Waals surface area contributed by atoms with Crippen LogP contribution in [0.3, 0.4) is 0 Å². The van der Waals surface area contributed by atoms with Crippen LogP contribution in [0.25, 0.3) is 0 Å². The topological polar surface area (TPSA) is 57.6 Å². The Balaban J connectivity index is 2.07. The number of carboxylic acid groups (broad SMARTS) is 1. The number of carbonyl (C=O) groups excluding carboxylic acids is 1. The molecule has 1 aliphatic heterocycles. The van der Waals surface area contributed by atoms with Crippen LogP contribution in [-0.2, 0) is 9.59 Å². The minimum absolute atomic E-state index is 0.103. The van der Waals surface area contributed by atoms with Crippen molar-refractivity contribution in [3.8, 4) is 0 Å². The van der Waals surface area contributed by atoms with Gasteiger partial charge in [-0.2, -0.15) is 0 Å². The van der Waals surface area contributed by atoms with Gasteiger partial charge in [0.05, 0.1) is 11.8 Å². The lowest BCUT2D eigenvalue weighted by molar-refractivity contribution is -0.150. The van der Waals surface area contributed by atoms with Gasteiger partial charge in [-0.15, -0.1) is 0 Å². The van der Waals surface area contributed by atoms with Crippen molar-refractivity contribution in [3.05, 3.63) is 0 Å². The number of aliphatic carboxylic acids is 1. The second-order valence-electron chi connectivity index (χ2n) is 5.57. The summed E-state index contributed by atoms with van der Waals surface area (Å²) in [5.41, 5.74) is 0. The Kier molecular flexibility index (Phi) is 4.25. The largest absolute Gasteiger partial charge is 0.481 e. The number of rotatable bonds is 3. The zero-order valence-electron chi connectivity index (χ0n) is 11.1. The lowest BCUT2D eigenvalue weighted by Crippen LogP contribution is -2.47. The Morgan fingerprint density at radius 1 is 1.11 bits per heavy atom. The third kappa shape index (κ3) is 2.52. The van der Waals surface area contributed by atoms with Crippen molar-refractivity contribution < 1.29 is 14.7 Å². The summed E-state index contributed by atoms with van der Waals surface area (Å²) in [7, 11) is 0. The highest BCUT2D eigenvalue weighted by Crippen LogP contribution is 2.35. The third-order valence-corrected chi connectivity index (χ3v) is 4.53. The second kappa shape index (κ2) is 5.72. The predicted molar refractivity (Wildman–Crippen MR) is 68.1 cm³/mol. The van der Waals surface area contributed by atoms with Gasteiger partial charge in [-0.05, 0) is 38.5 Å². The van der Waals surface area contributed by atoms with E-state index in [1.165, 1.54) is 6.42 Å². The minimum Gasteiger partial charge on any atom is -0.481 e. The maximum Gasteiger partial charge on any atom is 0.307 e. The van der Waals surface area contributed by atoms with Gasteiger partial charge in [0.25, 0.3) is 0 Å². The molecule has 1 saturated carbocycles. The summed E-state index contributed by atoms with van der Waals surface area (Å²) < 4.78 is 0. The molecule has 4 nitrogen and oxygen atoms in total. The van der Waals surface area contributed by atoms with Gasteiger partial charge in [0.1, 0.15) is 0 Å². The van der Waals surface area contributed by atoms with Crippen LogP contribution in [0.5, 0.6) is 0 Å². The van der Waals surface area contributed by atoms with Crippen LogP contribution >= 0.6 is 0 Å². The summed E-state index contributed by atoms with van der Waals surface area (Å²) in [5.74, 6) is -1.41. The number of likely N-dealkylation sites (tertiary alicyclic amines) is 1. The van der Waals surface area contributed by atoms with E-state index in [0.717, 1.165) is 38.6 Å². The maximum absolute atomic E-state index is 12.5. The van der Waals surface area contributed by atoms with Gasteiger partial charge in [-0.3, -0.25) is 9.59 Å². The van der Waals surface area contributed by atoms with Gasteiger partial charge in [0.15, 0.2) is 0 Å². The highest BCUT2D eigenvalue weighted by molar-refractivity contribution is 5.85. The summed E-state index contributed by atoms with van der Waals surface area (Å²) in [4.78, 5) is 25.7. The Morgan fingerprint density at radius 3 is 2.50 bits per heavy atom. The molecule has 2 fully saturated rings. The molecule has 0 spiro atoms. The molecule has 1 saturated heterocycles. The van der Waals surface area contributed by atoms with Crippen molar-refractivity contribution in [3.63, 3.8) is 0 Å². The molecule has 2 rings (SSSR count). The van der Waals surface area contributed by atoms with Gasteiger partial charge in [0, 0.05) is 12.6 Å². The highest BCUT2D eigenvalue weighted by atomic mass is 16.4. The fourth-order valence-corrected chi connectivity index (χ4v) is 3.48. The van der Waals surface area contributed by atoms with Crippen molar-refractivity contribution in [2.45, 2.75) is 57.9 Å². The molecule has 1 heterocycles. The number of hydrogen-bond donors (Lipinski definition) is 1. The number of piperidine rings is 1. The van der Waals surface area contributed by atoms with E-state index in [0.29, 0.717) is 12.5 Å². The van der Waals surface area contributed by atoms with Crippen molar-refractivity contribution in [1.82, 2.24) is 4.90 Å². The van der Waals surface area contributed by atoms with Gasteiger partial charge >= 0.3 is 5.97 Å². The van der Waals surface area contributed by atoms with Crippen LogP contribution < -0.4 is 0 Å². The van der Waals surface area contributed by atoms with Crippen LogP contribution in [0.1, 0.15) is 51.9 Å². The molecule has 0 aromatic heterocycles. The minimum atomic E-state index is -0.795. The first-order chi connectivity index (χ1) is 8.65. The first-order valence-electron chi connectivity index (χ1n) is 7.18. The Hall–Kier alpha value is -1.06. The van der Waals surface area contributed by atoms with E-state index in [-0.39, 0.29) is 11.8 Å². The number of nitrogens with zero attached hydrogens (tertiary/aromatic N) is 1. The van der Waals surface area contributed by atoms with E-state index in [2.05, 4.69) is 6.92 Å². The quantitative estimate of drug-likeness (QED) is 0.839. The molecule has 3 unspecified atom stereocenters. The van der Waals surface area contributed by atoms with E-state index in [1.54, 1.807) is 0 Å². The number of carboxylic acids is 1. The van der Waals surface area contributed by atoms with E-state index in [4.69, 9.17) is 0 Å². The number of carbonyl (C=O) groups is 2.